The summed E-state index contributed by atoms with van der Waals surface area (Å²) in [4.78, 5) is 7.44. The lowest BCUT2D eigenvalue weighted by molar-refractivity contribution is 1.30. The van der Waals surface area contributed by atoms with Crippen LogP contribution in [0.25, 0.3) is 64.6 Å². The van der Waals surface area contributed by atoms with Crippen LogP contribution in [0.1, 0.15) is 0 Å². The molecule has 3 heteroatoms. The summed E-state index contributed by atoms with van der Waals surface area (Å²) in [5, 5.41) is 6.12. The fraction of sp³-hybridized carbons (Fsp3) is 0. The van der Waals surface area contributed by atoms with E-state index in [1.807, 2.05) is 6.07 Å². The second-order valence-electron chi connectivity index (χ2n) is 12.0. The standard InChI is InChI=1S/C45H30N2S/c1-3-11-31(12-4-1)35-16-9-17-39(30-35)47(43-20-10-19-42-44(43)48-45(46-42)34-14-5-2-6-15-34)38-26-23-32(24-27-38)36-25-28-41-37(29-36)22-21-33-13-7-8-18-40(33)41/h1-30H. The van der Waals surface area contributed by atoms with E-state index in [0.717, 1.165) is 37.8 Å². The molecule has 0 saturated heterocycles. The Morgan fingerprint density at radius 1 is 0.396 bits per heavy atom. The molecule has 0 N–H and O–H groups in total. The summed E-state index contributed by atoms with van der Waals surface area (Å²) in [6.07, 6.45) is 0. The highest BCUT2D eigenvalue weighted by Gasteiger charge is 2.19. The smallest absolute Gasteiger partial charge is 0.124 e. The quantitative estimate of drug-likeness (QED) is 0.170. The highest BCUT2D eigenvalue weighted by molar-refractivity contribution is 7.22. The largest absolute Gasteiger partial charge is 0.309 e. The molecule has 0 spiro atoms. The normalized spacial score (nSPS) is 11.3. The molecule has 8 aromatic carbocycles. The topological polar surface area (TPSA) is 16.1 Å². The summed E-state index contributed by atoms with van der Waals surface area (Å²) in [5.41, 5.74) is 10.2. The number of fused-ring (bicyclic) bond motifs is 4. The van der Waals surface area contributed by atoms with Gasteiger partial charge in [-0.3, -0.25) is 0 Å². The van der Waals surface area contributed by atoms with Gasteiger partial charge in [-0.15, -0.1) is 11.3 Å². The van der Waals surface area contributed by atoms with Crippen molar-refractivity contribution in [2.24, 2.45) is 0 Å². The van der Waals surface area contributed by atoms with Crippen molar-refractivity contribution in [1.82, 2.24) is 4.98 Å². The summed E-state index contributed by atoms with van der Waals surface area (Å²) in [7, 11) is 0. The predicted molar refractivity (Wildman–Crippen MR) is 206 cm³/mol. The number of aromatic nitrogens is 1. The Labute approximate surface area is 283 Å². The fourth-order valence-electron chi connectivity index (χ4n) is 6.69. The van der Waals surface area contributed by atoms with E-state index < -0.39 is 0 Å². The third kappa shape index (κ3) is 5.11. The predicted octanol–water partition coefficient (Wildman–Crippen LogP) is 13.1. The zero-order valence-corrected chi connectivity index (χ0v) is 26.9. The van der Waals surface area contributed by atoms with E-state index in [4.69, 9.17) is 4.98 Å². The van der Waals surface area contributed by atoms with Crippen LogP contribution in [0.5, 0.6) is 0 Å². The number of nitrogens with zero attached hydrogens (tertiary/aromatic N) is 2. The molecule has 0 aliphatic rings. The molecule has 0 atom stereocenters. The molecule has 9 aromatic rings. The van der Waals surface area contributed by atoms with Crippen LogP contribution >= 0.6 is 11.3 Å². The third-order valence-electron chi connectivity index (χ3n) is 9.07. The Hall–Kier alpha value is -6.03. The molecule has 0 aliphatic heterocycles. The average Bonchev–Trinajstić information content (AvgIpc) is 3.61. The van der Waals surface area contributed by atoms with Gasteiger partial charge in [-0.1, -0.05) is 140 Å². The summed E-state index contributed by atoms with van der Waals surface area (Å²) in [5.74, 6) is 0. The van der Waals surface area contributed by atoms with E-state index in [0.29, 0.717) is 0 Å². The van der Waals surface area contributed by atoms with Crippen LogP contribution in [0.2, 0.25) is 0 Å². The van der Waals surface area contributed by atoms with Crippen molar-refractivity contribution in [2.75, 3.05) is 4.90 Å². The van der Waals surface area contributed by atoms with Gasteiger partial charge in [0.05, 0.1) is 15.9 Å². The molecule has 226 valence electrons. The first-order valence-electron chi connectivity index (χ1n) is 16.2. The van der Waals surface area contributed by atoms with E-state index in [1.54, 1.807) is 11.3 Å². The molecule has 1 heterocycles. The second kappa shape index (κ2) is 12.0. The fourth-order valence-corrected chi connectivity index (χ4v) is 7.77. The van der Waals surface area contributed by atoms with Gasteiger partial charge < -0.3 is 4.90 Å². The van der Waals surface area contributed by atoms with Gasteiger partial charge in [0, 0.05) is 16.9 Å². The van der Waals surface area contributed by atoms with E-state index in [2.05, 4.69) is 181 Å². The van der Waals surface area contributed by atoms with Crippen LogP contribution in [-0.4, -0.2) is 4.98 Å². The summed E-state index contributed by atoms with van der Waals surface area (Å²) >= 11 is 1.74. The Kier molecular flexibility index (Phi) is 7.03. The Morgan fingerprint density at radius 3 is 1.85 bits per heavy atom. The second-order valence-corrected chi connectivity index (χ2v) is 13.0. The summed E-state index contributed by atoms with van der Waals surface area (Å²) in [6, 6.07) is 65.2. The number of rotatable bonds is 6. The van der Waals surface area contributed by atoms with Crippen LogP contribution < -0.4 is 4.90 Å². The van der Waals surface area contributed by atoms with Gasteiger partial charge in [0.2, 0.25) is 0 Å². The molecule has 1 aromatic heterocycles. The van der Waals surface area contributed by atoms with E-state index in [-0.39, 0.29) is 0 Å². The van der Waals surface area contributed by atoms with Crippen LogP contribution in [0.15, 0.2) is 182 Å². The first-order chi connectivity index (χ1) is 23.8. The van der Waals surface area contributed by atoms with Crippen LogP contribution in [-0.2, 0) is 0 Å². The maximum absolute atomic E-state index is 5.07. The molecular formula is C45H30N2S. The minimum Gasteiger partial charge on any atom is -0.309 e. The van der Waals surface area contributed by atoms with Crippen LogP contribution in [0.4, 0.5) is 17.1 Å². The number of thiazole rings is 1. The Morgan fingerprint density at radius 2 is 1.02 bits per heavy atom. The number of anilines is 3. The van der Waals surface area contributed by atoms with Gasteiger partial charge >= 0.3 is 0 Å². The summed E-state index contributed by atoms with van der Waals surface area (Å²) in [6.45, 7) is 0. The molecular weight excluding hydrogens is 601 g/mol. The highest BCUT2D eigenvalue weighted by Crippen LogP contribution is 2.44. The van der Waals surface area contributed by atoms with Gasteiger partial charge in [-0.25, -0.2) is 4.98 Å². The van der Waals surface area contributed by atoms with Crippen molar-refractivity contribution in [3.63, 3.8) is 0 Å². The molecule has 0 unspecified atom stereocenters. The highest BCUT2D eigenvalue weighted by atomic mass is 32.1. The molecule has 48 heavy (non-hydrogen) atoms. The number of hydrogen-bond donors (Lipinski definition) is 0. The first-order valence-corrected chi connectivity index (χ1v) is 17.0. The molecule has 0 radical (unpaired) electrons. The average molecular weight is 631 g/mol. The van der Waals surface area contributed by atoms with Gasteiger partial charge in [0.25, 0.3) is 0 Å². The van der Waals surface area contributed by atoms with E-state index in [9.17, 15) is 0 Å². The lowest BCUT2D eigenvalue weighted by Gasteiger charge is -2.26. The van der Waals surface area contributed by atoms with Crippen molar-refractivity contribution in [2.45, 2.75) is 0 Å². The lowest BCUT2D eigenvalue weighted by Crippen LogP contribution is -2.10. The van der Waals surface area contributed by atoms with Gasteiger partial charge in [0.1, 0.15) is 5.01 Å². The molecule has 0 bridgehead atoms. The van der Waals surface area contributed by atoms with Gasteiger partial charge in [0.15, 0.2) is 0 Å². The maximum Gasteiger partial charge on any atom is 0.124 e. The van der Waals surface area contributed by atoms with Crippen molar-refractivity contribution in [3.05, 3.63) is 182 Å². The van der Waals surface area contributed by atoms with Crippen molar-refractivity contribution in [3.8, 4) is 32.8 Å². The lowest BCUT2D eigenvalue weighted by atomic mass is 9.97. The van der Waals surface area contributed by atoms with Crippen molar-refractivity contribution < 1.29 is 0 Å². The summed E-state index contributed by atoms with van der Waals surface area (Å²) < 4.78 is 1.16. The molecule has 0 amide bonds. The number of hydrogen-bond acceptors (Lipinski definition) is 3. The van der Waals surface area contributed by atoms with Crippen LogP contribution in [0.3, 0.4) is 0 Å². The van der Waals surface area contributed by atoms with Gasteiger partial charge in [-0.05, 0) is 86.3 Å². The van der Waals surface area contributed by atoms with Crippen molar-refractivity contribution in [1.29, 1.82) is 0 Å². The molecule has 0 aliphatic carbocycles. The van der Waals surface area contributed by atoms with E-state index >= 15 is 0 Å². The van der Waals surface area contributed by atoms with Crippen molar-refractivity contribution >= 4 is 60.2 Å². The molecule has 2 nitrogen and oxygen atoms in total. The monoisotopic (exact) mass is 630 g/mol. The van der Waals surface area contributed by atoms with E-state index in [1.165, 1.54) is 43.8 Å². The zero-order chi connectivity index (χ0) is 31.9. The first kappa shape index (κ1) is 28.2. The number of benzene rings is 8. The molecule has 9 rings (SSSR count). The zero-order valence-electron chi connectivity index (χ0n) is 26.1. The Bertz CT molecular complexity index is 2550. The Balaban J connectivity index is 1.17. The van der Waals surface area contributed by atoms with Gasteiger partial charge in [-0.2, -0.15) is 0 Å². The third-order valence-corrected chi connectivity index (χ3v) is 10.2. The SMILES string of the molecule is c1ccc(-c2cccc(N(c3ccc(-c4ccc5c(ccc6ccccc65)c4)cc3)c3cccc4nc(-c5ccccc5)sc34)c2)cc1. The minimum atomic E-state index is 1.00. The van der Waals surface area contributed by atoms with Crippen LogP contribution in [0, 0.1) is 0 Å². The molecule has 0 saturated carbocycles. The molecule has 0 fully saturated rings. The minimum absolute atomic E-state index is 1.00. The maximum atomic E-state index is 5.07.